The molecule has 11 nitrogen and oxygen atoms in total. The third-order valence-corrected chi connectivity index (χ3v) is 8.95. The molecule has 0 unspecified atom stereocenters. The summed E-state index contributed by atoms with van der Waals surface area (Å²) < 4.78 is 27.5. The lowest BCUT2D eigenvalue weighted by Gasteiger charge is -2.32. The first-order valence-corrected chi connectivity index (χ1v) is 16.0. The molecule has 1 saturated heterocycles. The van der Waals surface area contributed by atoms with E-state index in [9.17, 15) is 14.4 Å². The zero-order valence-corrected chi connectivity index (χ0v) is 27.1. The standard InChI is InChI=1S/C38H35N3O8/c1-45-33-18-28(29(19-34(33)46-2)40-38(44)36-20-30(42)27-5-3-4-6-31(27)49-36)37(43)39-26-10-8-24(9-11-26)25-13-15-41(16-14-25)21-23-7-12-32-35(17-23)48-22-47-32/h3-12,17-20,25H,13-16,21-22H2,1-2H3,(H,39,43)(H,40,44). The number of rotatable bonds is 9. The van der Waals surface area contributed by atoms with Crippen molar-refractivity contribution in [3.8, 4) is 23.0 Å². The first kappa shape index (κ1) is 31.8. The zero-order valence-electron chi connectivity index (χ0n) is 27.1. The number of nitrogens with zero attached hydrogens (tertiary/aromatic N) is 1. The Morgan fingerprint density at radius 3 is 2.33 bits per heavy atom. The quantitative estimate of drug-likeness (QED) is 0.184. The van der Waals surface area contributed by atoms with Crippen molar-refractivity contribution in [1.82, 2.24) is 4.90 Å². The number of carbonyl (C=O) groups excluding carboxylic acids is 2. The van der Waals surface area contributed by atoms with Gasteiger partial charge in [0.25, 0.3) is 11.8 Å². The molecule has 2 amide bonds. The highest BCUT2D eigenvalue weighted by Gasteiger charge is 2.24. The van der Waals surface area contributed by atoms with E-state index in [-0.39, 0.29) is 34.8 Å². The zero-order chi connectivity index (χ0) is 33.9. The lowest BCUT2D eigenvalue weighted by Crippen LogP contribution is -2.32. The Morgan fingerprint density at radius 1 is 0.816 bits per heavy atom. The molecule has 250 valence electrons. The highest BCUT2D eigenvalue weighted by molar-refractivity contribution is 6.12. The first-order chi connectivity index (χ1) is 23.9. The van der Waals surface area contributed by atoms with Crippen molar-refractivity contribution < 1.29 is 33.0 Å². The Labute approximate surface area is 282 Å². The number of amides is 2. The molecule has 0 radical (unpaired) electrons. The van der Waals surface area contributed by atoms with E-state index in [0.717, 1.165) is 50.0 Å². The van der Waals surface area contributed by atoms with Crippen LogP contribution in [0.4, 0.5) is 11.4 Å². The topological polar surface area (TPSA) is 129 Å². The molecule has 49 heavy (non-hydrogen) atoms. The number of piperidine rings is 1. The van der Waals surface area contributed by atoms with E-state index in [2.05, 4.69) is 27.7 Å². The van der Waals surface area contributed by atoms with Crippen LogP contribution in [0.5, 0.6) is 23.0 Å². The molecule has 1 aromatic heterocycles. The predicted molar refractivity (Wildman–Crippen MR) is 184 cm³/mol. The summed E-state index contributed by atoms with van der Waals surface area (Å²) in [6.07, 6.45) is 2.06. The maximum atomic E-state index is 13.6. The lowest BCUT2D eigenvalue weighted by molar-refractivity contribution is 0.0997. The van der Waals surface area contributed by atoms with Crippen LogP contribution >= 0.6 is 0 Å². The average molecular weight is 662 g/mol. The van der Waals surface area contributed by atoms with Gasteiger partial charge in [0.05, 0.1) is 30.9 Å². The number of hydrogen-bond donors (Lipinski definition) is 2. The number of fused-ring (bicyclic) bond motifs is 2. The van der Waals surface area contributed by atoms with Gasteiger partial charge in [-0.05, 0) is 85.4 Å². The maximum absolute atomic E-state index is 13.6. The van der Waals surface area contributed by atoms with Gasteiger partial charge in [0.2, 0.25) is 6.79 Å². The second kappa shape index (κ2) is 13.7. The van der Waals surface area contributed by atoms with Crippen LogP contribution in [0.15, 0.2) is 94.1 Å². The van der Waals surface area contributed by atoms with E-state index in [1.165, 1.54) is 37.5 Å². The molecule has 3 heterocycles. The summed E-state index contributed by atoms with van der Waals surface area (Å²) in [5.74, 6) is 1.27. The highest BCUT2D eigenvalue weighted by atomic mass is 16.7. The van der Waals surface area contributed by atoms with E-state index in [1.54, 1.807) is 24.3 Å². The van der Waals surface area contributed by atoms with E-state index < -0.39 is 11.8 Å². The monoisotopic (exact) mass is 661 g/mol. The number of likely N-dealkylation sites (tertiary alicyclic amines) is 1. The average Bonchev–Trinajstić information content (AvgIpc) is 3.60. The summed E-state index contributed by atoms with van der Waals surface area (Å²) in [4.78, 5) is 42.0. The fourth-order valence-corrected chi connectivity index (χ4v) is 6.33. The van der Waals surface area contributed by atoms with Crippen LogP contribution in [0, 0.1) is 0 Å². The fourth-order valence-electron chi connectivity index (χ4n) is 6.33. The SMILES string of the molecule is COc1cc(NC(=O)c2cc(=O)c3ccccc3o2)c(C(=O)Nc2ccc(C3CCN(Cc4ccc5c(c4)OCO5)CC3)cc2)cc1OC. The summed E-state index contributed by atoms with van der Waals surface area (Å²) in [5.41, 5.74) is 3.24. The normalized spacial score (nSPS) is 14.4. The van der Waals surface area contributed by atoms with Gasteiger partial charge in [-0.2, -0.15) is 0 Å². The minimum absolute atomic E-state index is 0.132. The van der Waals surface area contributed by atoms with Crippen LogP contribution in [-0.4, -0.2) is 50.8 Å². The van der Waals surface area contributed by atoms with Gasteiger partial charge < -0.3 is 34.0 Å². The molecule has 5 aromatic rings. The summed E-state index contributed by atoms with van der Waals surface area (Å²) in [6, 6.07) is 24.8. The molecule has 4 aromatic carbocycles. The molecular formula is C38H35N3O8. The van der Waals surface area contributed by atoms with Crippen molar-refractivity contribution in [2.75, 3.05) is 44.7 Å². The Hall–Kier alpha value is -5.81. The van der Waals surface area contributed by atoms with Crippen molar-refractivity contribution in [2.45, 2.75) is 25.3 Å². The first-order valence-electron chi connectivity index (χ1n) is 16.0. The van der Waals surface area contributed by atoms with Crippen LogP contribution in [0.1, 0.15) is 50.8 Å². The summed E-state index contributed by atoms with van der Waals surface area (Å²) in [7, 11) is 2.92. The minimum Gasteiger partial charge on any atom is -0.493 e. The number of anilines is 2. The van der Waals surface area contributed by atoms with Crippen molar-refractivity contribution in [2.24, 2.45) is 0 Å². The Bertz CT molecular complexity index is 2080. The summed E-state index contributed by atoms with van der Waals surface area (Å²) in [5, 5.41) is 6.00. The van der Waals surface area contributed by atoms with Crippen LogP contribution in [0.2, 0.25) is 0 Å². The number of nitrogens with one attached hydrogen (secondary N) is 2. The van der Waals surface area contributed by atoms with Crippen LogP contribution in [0.3, 0.4) is 0 Å². The number of hydrogen-bond acceptors (Lipinski definition) is 9. The van der Waals surface area contributed by atoms with Crippen LogP contribution in [-0.2, 0) is 6.54 Å². The minimum atomic E-state index is -0.699. The highest BCUT2D eigenvalue weighted by Crippen LogP contribution is 2.36. The van der Waals surface area contributed by atoms with Crippen LogP contribution in [0.25, 0.3) is 11.0 Å². The van der Waals surface area contributed by atoms with E-state index in [4.69, 9.17) is 23.4 Å². The molecule has 0 spiro atoms. The second-order valence-corrected chi connectivity index (χ2v) is 12.0. The molecule has 2 N–H and O–H groups in total. The Balaban J connectivity index is 1.02. The predicted octanol–water partition coefficient (Wildman–Crippen LogP) is 6.42. The molecule has 11 heteroatoms. The fraction of sp³-hybridized carbons (Fsp3) is 0.237. The van der Waals surface area contributed by atoms with Gasteiger partial charge in [0.15, 0.2) is 34.2 Å². The molecule has 0 saturated carbocycles. The van der Waals surface area contributed by atoms with Crippen molar-refractivity contribution >= 4 is 34.2 Å². The molecule has 0 bridgehead atoms. The molecule has 0 aliphatic carbocycles. The Morgan fingerprint density at radius 2 is 1.55 bits per heavy atom. The molecule has 1 fully saturated rings. The van der Waals surface area contributed by atoms with Gasteiger partial charge in [0.1, 0.15) is 5.58 Å². The number of ether oxygens (including phenoxy) is 4. The molecule has 2 aliphatic heterocycles. The second-order valence-electron chi connectivity index (χ2n) is 12.0. The van der Waals surface area contributed by atoms with Gasteiger partial charge >= 0.3 is 0 Å². The summed E-state index contributed by atoms with van der Waals surface area (Å²) >= 11 is 0. The number of benzene rings is 4. The molecule has 0 atom stereocenters. The van der Waals surface area contributed by atoms with Gasteiger partial charge in [-0.25, -0.2) is 0 Å². The number of carbonyl (C=O) groups is 2. The largest absolute Gasteiger partial charge is 0.493 e. The van der Waals surface area contributed by atoms with Crippen molar-refractivity contribution in [3.05, 3.63) is 118 Å². The summed E-state index contributed by atoms with van der Waals surface area (Å²) in [6.45, 7) is 3.10. The maximum Gasteiger partial charge on any atom is 0.291 e. The smallest absolute Gasteiger partial charge is 0.291 e. The number of para-hydroxylation sites is 1. The third kappa shape index (κ3) is 6.79. The number of methoxy groups -OCH3 is 2. The van der Waals surface area contributed by atoms with E-state index in [1.807, 2.05) is 30.3 Å². The third-order valence-electron chi connectivity index (χ3n) is 8.95. The van der Waals surface area contributed by atoms with E-state index in [0.29, 0.717) is 28.5 Å². The van der Waals surface area contributed by atoms with Gasteiger partial charge in [0, 0.05) is 24.4 Å². The van der Waals surface area contributed by atoms with Gasteiger partial charge in [-0.3, -0.25) is 19.3 Å². The van der Waals surface area contributed by atoms with E-state index >= 15 is 0 Å². The van der Waals surface area contributed by atoms with Crippen molar-refractivity contribution in [1.29, 1.82) is 0 Å². The Kier molecular flexibility index (Phi) is 8.91. The molecular weight excluding hydrogens is 626 g/mol. The molecule has 2 aliphatic rings. The van der Waals surface area contributed by atoms with Gasteiger partial charge in [-0.15, -0.1) is 0 Å². The molecule has 7 rings (SSSR count). The lowest BCUT2D eigenvalue weighted by atomic mass is 9.89. The van der Waals surface area contributed by atoms with Crippen LogP contribution < -0.4 is 35.0 Å². The van der Waals surface area contributed by atoms with Gasteiger partial charge in [-0.1, -0.05) is 30.3 Å². The van der Waals surface area contributed by atoms with Crippen molar-refractivity contribution in [3.63, 3.8) is 0 Å².